The lowest BCUT2D eigenvalue weighted by Gasteiger charge is -2.18. The minimum Gasteiger partial charge on any atom is -0.393 e. The molecule has 1 aromatic rings. The van der Waals surface area contributed by atoms with Crippen molar-refractivity contribution < 1.29 is 13.9 Å². The fraction of sp³-hybridized carbons (Fsp3) is 0.400. The highest BCUT2D eigenvalue weighted by Crippen LogP contribution is 2.20. The molecule has 2 nitrogen and oxygen atoms in total. The van der Waals surface area contributed by atoms with E-state index < -0.39 is 23.7 Å². The molecule has 1 aromatic carbocycles. The standard InChI is InChI=1S/C10H13F2NO/c1-6(14)10(5-13)7-2-8(11)4-9(12)3-7/h2-4,6,10,14H,5,13H2,1H3. The predicted octanol–water partition coefficient (Wildman–Crippen LogP) is 1.39. The van der Waals surface area contributed by atoms with Gasteiger partial charge in [-0.05, 0) is 24.6 Å². The number of benzene rings is 1. The number of halogens is 2. The highest BCUT2D eigenvalue weighted by molar-refractivity contribution is 5.23. The zero-order valence-corrected chi connectivity index (χ0v) is 7.87. The van der Waals surface area contributed by atoms with Crippen molar-refractivity contribution in [2.75, 3.05) is 6.54 Å². The average molecular weight is 201 g/mol. The van der Waals surface area contributed by atoms with E-state index in [4.69, 9.17) is 5.73 Å². The summed E-state index contributed by atoms with van der Waals surface area (Å²) in [7, 11) is 0. The zero-order valence-electron chi connectivity index (χ0n) is 7.87. The van der Waals surface area contributed by atoms with Crippen molar-refractivity contribution in [3.8, 4) is 0 Å². The summed E-state index contributed by atoms with van der Waals surface area (Å²) in [6.45, 7) is 1.70. The minimum absolute atomic E-state index is 0.153. The van der Waals surface area contributed by atoms with Crippen LogP contribution in [0.1, 0.15) is 18.4 Å². The first-order chi connectivity index (χ1) is 6.54. The maximum Gasteiger partial charge on any atom is 0.126 e. The van der Waals surface area contributed by atoms with Crippen LogP contribution in [0.3, 0.4) is 0 Å². The monoisotopic (exact) mass is 201 g/mol. The van der Waals surface area contributed by atoms with Crippen molar-refractivity contribution in [3.05, 3.63) is 35.4 Å². The van der Waals surface area contributed by atoms with Gasteiger partial charge in [0.1, 0.15) is 11.6 Å². The van der Waals surface area contributed by atoms with Crippen LogP contribution in [0.5, 0.6) is 0 Å². The third-order valence-electron chi connectivity index (χ3n) is 2.15. The van der Waals surface area contributed by atoms with Gasteiger partial charge in [-0.2, -0.15) is 0 Å². The molecule has 4 heteroatoms. The summed E-state index contributed by atoms with van der Waals surface area (Å²) in [5.74, 6) is -1.74. The second-order valence-electron chi connectivity index (χ2n) is 3.29. The van der Waals surface area contributed by atoms with Crippen LogP contribution in [0.25, 0.3) is 0 Å². The van der Waals surface area contributed by atoms with Crippen LogP contribution < -0.4 is 5.73 Å². The van der Waals surface area contributed by atoms with Gasteiger partial charge in [-0.15, -0.1) is 0 Å². The molecule has 2 atom stereocenters. The fourth-order valence-electron chi connectivity index (χ4n) is 1.40. The van der Waals surface area contributed by atoms with E-state index in [0.29, 0.717) is 5.56 Å². The Morgan fingerprint density at radius 1 is 1.29 bits per heavy atom. The highest BCUT2D eigenvalue weighted by atomic mass is 19.1. The summed E-state index contributed by atoms with van der Waals surface area (Å²) in [6, 6.07) is 3.17. The van der Waals surface area contributed by atoms with E-state index in [0.717, 1.165) is 6.07 Å². The molecule has 1 rings (SSSR count). The van der Waals surface area contributed by atoms with Crippen molar-refractivity contribution in [3.63, 3.8) is 0 Å². The molecular weight excluding hydrogens is 188 g/mol. The first-order valence-corrected chi connectivity index (χ1v) is 4.38. The number of rotatable bonds is 3. The van der Waals surface area contributed by atoms with Crippen molar-refractivity contribution in [2.45, 2.75) is 18.9 Å². The summed E-state index contributed by atoms with van der Waals surface area (Å²) in [5, 5.41) is 9.32. The van der Waals surface area contributed by atoms with Crippen molar-refractivity contribution in [2.24, 2.45) is 5.73 Å². The van der Waals surface area contributed by atoms with Crippen LogP contribution in [0.2, 0.25) is 0 Å². The molecule has 14 heavy (non-hydrogen) atoms. The Balaban J connectivity index is 3.04. The molecule has 0 aliphatic carbocycles. The molecule has 78 valence electrons. The van der Waals surface area contributed by atoms with Crippen molar-refractivity contribution in [1.29, 1.82) is 0 Å². The lowest BCUT2D eigenvalue weighted by molar-refractivity contribution is 0.164. The van der Waals surface area contributed by atoms with E-state index in [1.54, 1.807) is 6.92 Å². The lowest BCUT2D eigenvalue weighted by atomic mass is 9.94. The number of aliphatic hydroxyl groups is 1. The Morgan fingerprint density at radius 3 is 2.14 bits per heavy atom. The van der Waals surface area contributed by atoms with E-state index in [1.165, 1.54) is 12.1 Å². The topological polar surface area (TPSA) is 46.2 Å². The predicted molar refractivity (Wildman–Crippen MR) is 49.8 cm³/mol. The first kappa shape index (κ1) is 11.1. The Labute approximate surface area is 81.4 Å². The fourth-order valence-corrected chi connectivity index (χ4v) is 1.40. The Hall–Kier alpha value is -1.00. The molecule has 0 fully saturated rings. The number of hydrogen-bond donors (Lipinski definition) is 2. The summed E-state index contributed by atoms with van der Waals surface area (Å²) < 4.78 is 25.7. The maximum atomic E-state index is 12.8. The summed E-state index contributed by atoms with van der Waals surface area (Å²) in [6.07, 6.45) is -0.721. The Morgan fingerprint density at radius 2 is 1.79 bits per heavy atom. The molecule has 0 bridgehead atoms. The highest BCUT2D eigenvalue weighted by Gasteiger charge is 2.16. The Kier molecular flexibility index (Phi) is 3.55. The number of aliphatic hydroxyl groups excluding tert-OH is 1. The molecule has 0 heterocycles. The van der Waals surface area contributed by atoms with Gasteiger partial charge >= 0.3 is 0 Å². The van der Waals surface area contributed by atoms with E-state index in [1.807, 2.05) is 0 Å². The normalized spacial score (nSPS) is 15.2. The molecule has 0 amide bonds. The SMILES string of the molecule is CC(O)C(CN)c1cc(F)cc(F)c1. The summed E-state index contributed by atoms with van der Waals surface area (Å²) in [4.78, 5) is 0. The van der Waals surface area contributed by atoms with Gasteiger partial charge in [0, 0.05) is 18.5 Å². The third kappa shape index (κ3) is 2.49. The third-order valence-corrected chi connectivity index (χ3v) is 2.15. The van der Waals surface area contributed by atoms with Crippen LogP contribution >= 0.6 is 0 Å². The van der Waals surface area contributed by atoms with Crippen LogP contribution in [0.15, 0.2) is 18.2 Å². The summed E-state index contributed by atoms with van der Waals surface area (Å²) in [5.41, 5.74) is 5.79. The first-order valence-electron chi connectivity index (χ1n) is 4.38. The summed E-state index contributed by atoms with van der Waals surface area (Å²) >= 11 is 0. The molecule has 2 unspecified atom stereocenters. The van der Waals surface area contributed by atoms with E-state index >= 15 is 0 Å². The maximum absolute atomic E-state index is 12.8. The molecule has 0 aromatic heterocycles. The van der Waals surface area contributed by atoms with E-state index in [2.05, 4.69) is 0 Å². The molecule has 0 saturated heterocycles. The second-order valence-corrected chi connectivity index (χ2v) is 3.29. The van der Waals surface area contributed by atoms with Crippen LogP contribution in [0.4, 0.5) is 8.78 Å². The second kappa shape index (κ2) is 4.48. The molecule has 0 aliphatic heterocycles. The van der Waals surface area contributed by atoms with Crippen molar-refractivity contribution >= 4 is 0 Å². The molecular formula is C10H13F2NO. The molecule has 0 radical (unpaired) electrons. The van der Waals surface area contributed by atoms with Crippen LogP contribution in [0, 0.1) is 11.6 Å². The molecule has 0 spiro atoms. The van der Waals surface area contributed by atoms with Gasteiger partial charge in [0.15, 0.2) is 0 Å². The smallest absolute Gasteiger partial charge is 0.126 e. The van der Waals surface area contributed by atoms with Crippen molar-refractivity contribution in [1.82, 2.24) is 0 Å². The van der Waals surface area contributed by atoms with Gasteiger partial charge in [-0.1, -0.05) is 0 Å². The van der Waals surface area contributed by atoms with Gasteiger partial charge in [-0.25, -0.2) is 8.78 Å². The van der Waals surface area contributed by atoms with Gasteiger partial charge in [-0.3, -0.25) is 0 Å². The molecule has 3 N–H and O–H groups in total. The number of nitrogens with two attached hydrogens (primary N) is 1. The van der Waals surface area contributed by atoms with Gasteiger partial charge in [0.25, 0.3) is 0 Å². The minimum atomic E-state index is -0.721. The van der Waals surface area contributed by atoms with Gasteiger partial charge in [0.05, 0.1) is 6.10 Å². The average Bonchev–Trinajstić information content (AvgIpc) is 2.02. The van der Waals surface area contributed by atoms with Gasteiger partial charge in [0.2, 0.25) is 0 Å². The van der Waals surface area contributed by atoms with Crippen LogP contribution in [-0.4, -0.2) is 17.8 Å². The zero-order chi connectivity index (χ0) is 10.7. The van der Waals surface area contributed by atoms with E-state index in [-0.39, 0.29) is 6.54 Å². The number of hydrogen-bond acceptors (Lipinski definition) is 2. The van der Waals surface area contributed by atoms with Crippen LogP contribution in [-0.2, 0) is 0 Å². The Bertz CT molecular complexity index is 295. The van der Waals surface area contributed by atoms with E-state index in [9.17, 15) is 13.9 Å². The molecule has 0 saturated carbocycles. The lowest BCUT2D eigenvalue weighted by Crippen LogP contribution is -2.23. The largest absolute Gasteiger partial charge is 0.393 e. The van der Waals surface area contributed by atoms with Gasteiger partial charge < -0.3 is 10.8 Å². The quantitative estimate of drug-likeness (QED) is 0.776. The molecule has 0 aliphatic rings.